The second-order valence-corrected chi connectivity index (χ2v) is 6.86. The van der Waals surface area contributed by atoms with Crippen molar-refractivity contribution in [3.63, 3.8) is 0 Å². The van der Waals surface area contributed by atoms with Gasteiger partial charge in [-0.25, -0.2) is 0 Å². The number of amides is 2. The Morgan fingerprint density at radius 3 is 2.67 bits per heavy atom. The maximum atomic E-state index is 12.6. The van der Waals surface area contributed by atoms with Gasteiger partial charge in [-0.1, -0.05) is 0 Å². The van der Waals surface area contributed by atoms with Crippen molar-refractivity contribution in [3.8, 4) is 11.5 Å². The van der Waals surface area contributed by atoms with Crippen molar-refractivity contribution in [2.45, 2.75) is 18.4 Å². The molecular formula is C20H21N3O4. The number of benzene rings is 1. The topological polar surface area (TPSA) is 80.8 Å². The van der Waals surface area contributed by atoms with Crippen LogP contribution in [0.3, 0.4) is 0 Å². The quantitative estimate of drug-likeness (QED) is 0.877. The van der Waals surface area contributed by atoms with Gasteiger partial charge in [0.25, 0.3) is 11.8 Å². The molecule has 4 rings (SSSR count). The summed E-state index contributed by atoms with van der Waals surface area (Å²) in [5.41, 5.74) is 0.608. The number of likely N-dealkylation sites (tertiary alicyclic amines) is 1. The summed E-state index contributed by atoms with van der Waals surface area (Å²) >= 11 is 0. The zero-order valence-corrected chi connectivity index (χ0v) is 15.1. The number of rotatable bonds is 2. The minimum absolute atomic E-state index is 0.00743. The molecule has 0 saturated carbocycles. The molecule has 27 heavy (non-hydrogen) atoms. The molecule has 140 valence electrons. The van der Waals surface area contributed by atoms with E-state index < -0.39 is 5.60 Å². The second-order valence-electron chi connectivity index (χ2n) is 6.86. The SMILES string of the molecule is COc1ccc2c(c1)OC1(CCN(C(=O)c3ccncc3)CC1)CNC2=O. The van der Waals surface area contributed by atoms with Crippen LogP contribution in [0.4, 0.5) is 0 Å². The zero-order chi connectivity index (χ0) is 18.9. The molecular weight excluding hydrogens is 346 g/mol. The minimum atomic E-state index is -0.525. The highest BCUT2D eigenvalue weighted by molar-refractivity contribution is 5.97. The number of nitrogens with zero attached hydrogens (tertiary/aromatic N) is 2. The van der Waals surface area contributed by atoms with Gasteiger partial charge in [-0.15, -0.1) is 0 Å². The number of fused-ring (bicyclic) bond motifs is 1. The van der Waals surface area contributed by atoms with Crippen molar-refractivity contribution < 1.29 is 19.1 Å². The minimum Gasteiger partial charge on any atom is -0.497 e. The molecule has 7 nitrogen and oxygen atoms in total. The molecule has 1 saturated heterocycles. The zero-order valence-electron chi connectivity index (χ0n) is 15.1. The number of pyridine rings is 1. The fourth-order valence-electron chi connectivity index (χ4n) is 3.58. The summed E-state index contributed by atoms with van der Waals surface area (Å²) in [4.78, 5) is 30.8. The summed E-state index contributed by atoms with van der Waals surface area (Å²) in [5.74, 6) is 1.01. The molecule has 1 spiro atoms. The molecule has 0 bridgehead atoms. The van der Waals surface area contributed by atoms with Crippen LogP contribution in [0, 0.1) is 0 Å². The summed E-state index contributed by atoms with van der Waals surface area (Å²) < 4.78 is 11.6. The highest BCUT2D eigenvalue weighted by Crippen LogP contribution is 2.35. The first kappa shape index (κ1) is 17.3. The predicted molar refractivity (Wildman–Crippen MR) is 98.1 cm³/mol. The van der Waals surface area contributed by atoms with E-state index in [9.17, 15) is 9.59 Å². The first-order valence-electron chi connectivity index (χ1n) is 8.95. The van der Waals surface area contributed by atoms with Gasteiger partial charge >= 0.3 is 0 Å². The largest absolute Gasteiger partial charge is 0.497 e. The van der Waals surface area contributed by atoms with Crippen LogP contribution in [0.15, 0.2) is 42.7 Å². The number of hydrogen-bond acceptors (Lipinski definition) is 5. The molecule has 7 heteroatoms. The number of carbonyl (C=O) groups excluding carboxylic acids is 2. The number of ether oxygens (including phenoxy) is 2. The van der Waals surface area contributed by atoms with Crippen LogP contribution in [-0.4, -0.2) is 54.0 Å². The molecule has 3 heterocycles. The maximum Gasteiger partial charge on any atom is 0.255 e. The van der Waals surface area contributed by atoms with Gasteiger partial charge in [0.1, 0.15) is 17.1 Å². The van der Waals surface area contributed by atoms with E-state index in [4.69, 9.17) is 9.47 Å². The van der Waals surface area contributed by atoms with Crippen molar-refractivity contribution in [1.29, 1.82) is 0 Å². The van der Waals surface area contributed by atoms with E-state index in [0.29, 0.717) is 55.1 Å². The summed E-state index contributed by atoms with van der Waals surface area (Å²) in [6.07, 6.45) is 4.52. The van der Waals surface area contributed by atoms with Crippen LogP contribution >= 0.6 is 0 Å². The molecule has 2 amide bonds. The van der Waals surface area contributed by atoms with Gasteiger partial charge in [0.15, 0.2) is 0 Å². The summed E-state index contributed by atoms with van der Waals surface area (Å²) in [5, 5.41) is 2.96. The monoisotopic (exact) mass is 367 g/mol. The van der Waals surface area contributed by atoms with Gasteiger partial charge in [-0.3, -0.25) is 14.6 Å². The van der Waals surface area contributed by atoms with Gasteiger partial charge in [-0.05, 0) is 24.3 Å². The fraction of sp³-hybridized carbons (Fsp3) is 0.350. The summed E-state index contributed by atoms with van der Waals surface area (Å²) in [6, 6.07) is 8.64. The molecule has 2 aliphatic heterocycles. The van der Waals surface area contributed by atoms with Crippen LogP contribution in [0.5, 0.6) is 11.5 Å². The van der Waals surface area contributed by atoms with E-state index in [1.165, 1.54) is 0 Å². The number of methoxy groups -OCH3 is 1. The van der Waals surface area contributed by atoms with Gasteiger partial charge in [0.2, 0.25) is 0 Å². The van der Waals surface area contributed by atoms with Crippen molar-refractivity contribution in [1.82, 2.24) is 15.2 Å². The molecule has 0 atom stereocenters. The number of carbonyl (C=O) groups is 2. The lowest BCUT2D eigenvalue weighted by Gasteiger charge is -2.41. The Morgan fingerprint density at radius 2 is 1.96 bits per heavy atom. The standard InChI is InChI=1S/C20H21N3O4/c1-26-15-2-3-16-17(12-15)27-20(13-22-18(16)24)6-10-23(11-7-20)19(25)14-4-8-21-9-5-14/h2-5,8-9,12H,6-7,10-11,13H2,1H3,(H,22,24). The third-order valence-corrected chi connectivity index (χ3v) is 5.22. The molecule has 1 N–H and O–H groups in total. The number of nitrogens with one attached hydrogen (secondary N) is 1. The van der Waals surface area contributed by atoms with Gasteiger partial charge in [-0.2, -0.15) is 0 Å². The summed E-state index contributed by atoms with van der Waals surface area (Å²) in [6.45, 7) is 1.55. The van der Waals surface area contributed by atoms with Crippen molar-refractivity contribution in [2.75, 3.05) is 26.7 Å². The lowest BCUT2D eigenvalue weighted by molar-refractivity contribution is 0.00762. The van der Waals surface area contributed by atoms with E-state index in [-0.39, 0.29) is 11.8 Å². The van der Waals surface area contributed by atoms with Gasteiger partial charge in [0, 0.05) is 50.0 Å². The predicted octanol–water partition coefficient (Wildman–Crippen LogP) is 1.89. The molecule has 2 aliphatic rings. The molecule has 0 unspecified atom stereocenters. The van der Waals surface area contributed by atoms with Crippen LogP contribution in [0.25, 0.3) is 0 Å². The van der Waals surface area contributed by atoms with Crippen LogP contribution in [0.2, 0.25) is 0 Å². The van der Waals surface area contributed by atoms with Crippen LogP contribution in [0.1, 0.15) is 33.6 Å². The average Bonchev–Trinajstić information content (AvgIpc) is 2.85. The highest BCUT2D eigenvalue weighted by Gasteiger charge is 2.41. The molecule has 2 aromatic rings. The second kappa shape index (κ2) is 6.90. The molecule has 1 aromatic carbocycles. The smallest absolute Gasteiger partial charge is 0.255 e. The summed E-state index contributed by atoms with van der Waals surface area (Å²) in [7, 11) is 1.58. The number of hydrogen-bond donors (Lipinski definition) is 1. The Kier molecular flexibility index (Phi) is 4.43. The first-order chi connectivity index (χ1) is 13.1. The first-order valence-corrected chi connectivity index (χ1v) is 8.95. The Labute approximate surface area is 157 Å². The van der Waals surface area contributed by atoms with Gasteiger partial charge < -0.3 is 19.7 Å². The third kappa shape index (κ3) is 3.32. The Balaban J connectivity index is 1.52. The highest BCUT2D eigenvalue weighted by atomic mass is 16.5. The Hall–Kier alpha value is -3.09. The average molecular weight is 367 g/mol. The van der Waals surface area contributed by atoms with Crippen LogP contribution in [-0.2, 0) is 0 Å². The molecule has 1 fully saturated rings. The van der Waals surface area contributed by atoms with E-state index in [1.54, 1.807) is 49.8 Å². The van der Waals surface area contributed by atoms with E-state index in [1.807, 2.05) is 4.90 Å². The van der Waals surface area contributed by atoms with Gasteiger partial charge in [0.05, 0.1) is 19.2 Å². The van der Waals surface area contributed by atoms with Crippen molar-refractivity contribution in [3.05, 3.63) is 53.9 Å². The Bertz CT molecular complexity index is 861. The van der Waals surface area contributed by atoms with Crippen molar-refractivity contribution in [2.24, 2.45) is 0 Å². The Morgan fingerprint density at radius 1 is 1.22 bits per heavy atom. The molecule has 1 aromatic heterocycles. The van der Waals surface area contributed by atoms with E-state index in [0.717, 1.165) is 0 Å². The van der Waals surface area contributed by atoms with Crippen LogP contribution < -0.4 is 14.8 Å². The van der Waals surface area contributed by atoms with E-state index >= 15 is 0 Å². The number of aromatic nitrogens is 1. The number of piperidine rings is 1. The van der Waals surface area contributed by atoms with E-state index in [2.05, 4.69) is 10.3 Å². The normalized spacial score (nSPS) is 18.1. The fourth-order valence-corrected chi connectivity index (χ4v) is 3.58. The van der Waals surface area contributed by atoms with Crippen molar-refractivity contribution >= 4 is 11.8 Å². The maximum absolute atomic E-state index is 12.6. The lowest BCUT2D eigenvalue weighted by atomic mass is 9.90. The third-order valence-electron chi connectivity index (χ3n) is 5.22. The molecule has 0 radical (unpaired) electrons. The lowest BCUT2D eigenvalue weighted by Crippen LogP contribution is -2.54. The molecule has 0 aliphatic carbocycles.